The highest BCUT2D eigenvalue weighted by Gasteiger charge is 2.09. The van der Waals surface area contributed by atoms with Crippen LogP contribution in [0, 0.1) is 0 Å². The van der Waals surface area contributed by atoms with Gasteiger partial charge in [-0.05, 0) is 37.5 Å². The van der Waals surface area contributed by atoms with Crippen LogP contribution in [0.1, 0.15) is 44.2 Å². The van der Waals surface area contributed by atoms with E-state index in [4.69, 9.17) is 11.6 Å². The molecule has 0 bridgehead atoms. The molecule has 3 heteroatoms. The lowest BCUT2D eigenvalue weighted by Crippen LogP contribution is -2.26. The first kappa shape index (κ1) is 12.4. The molecule has 0 amide bonds. The van der Waals surface area contributed by atoms with E-state index in [0.717, 1.165) is 23.8 Å². The lowest BCUT2D eigenvalue weighted by molar-refractivity contribution is 0.693. The van der Waals surface area contributed by atoms with Crippen molar-refractivity contribution in [2.75, 3.05) is 6.54 Å². The van der Waals surface area contributed by atoms with Crippen molar-refractivity contribution < 1.29 is 0 Å². The first-order valence-electron chi connectivity index (χ1n) is 6.31. The Hall–Kier alpha value is -1.02. The van der Waals surface area contributed by atoms with Crippen molar-refractivity contribution in [1.82, 2.24) is 5.32 Å². The Bertz CT molecular complexity index is 401. The summed E-state index contributed by atoms with van der Waals surface area (Å²) in [6.07, 6.45) is 4.83. The number of nitrogens with one attached hydrogen (secondary N) is 1. The van der Waals surface area contributed by atoms with Gasteiger partial charge >= 0.3 is 0 Å². The van der Waals surface area contributed by atoms with Gasteiger partial charge in [0.15, 0.2) is 0 Å². The second-order valence-corrected chi connectivity index (χ2v) is 5.00. The van der Waals surface area contributed by atoms with E-state index in [9.17, 15) is 0 Å². The highest BCUT2D eigenvalue weighted by atomic mass is 35.5. The Kier molecular flexibility index (Phi) is 4.43. The molecule has 0 saturated carbocycles. The number of rotatable bonds is 2. The van der Waals surface area contributed by atoms with Crippen LogP contribution in [0.2, 0.25) is 5.02 Å². The third kappa shape index (κ3) is 3.74. The molecule has 2 rings (SSSR count). The average molecular weight is 251 g/mol. The van der Waals surface area contributed by atoms with Crippen molar-refractivity contribution in [2.45, 2.75) is 38.6 Å². The Morgan fingerprint density at radius 1 is 1.29 bits per heavy atom. The van der Waals surface area contributed by atoms with E-state index in [2.05, 4.69) is 23.3 Å². The Balaban J connectivity index is 2.00. The molecule has 0 radical (unpaired) electrons. The van der Waals surface area contributed by atoms with Gasteiger partial charge in [0, 0.05) is 24.0 Å². The van der Waals surface area contributed by atoms with E-state index in [1.54, 1.807) is 0 Å². The van der Waals surface area contributed by atoms with Crippen LogP contribution in [0.25, 0.3) is 0 Å². The number of benzene rings is 1. The summed E-state index contributed by atoms with van der Waals surface area (Å²) in [4.78, 5) is 4.58. The van der Waals surface area contributed by atoms with Crippen LogP contribution in [0.4, 0.5) is 0 Å². The Morgan fingerprint density at radius 3 is 3.00 bits per heavy atom. The largest absolute Gasteiger partial charge is 0.367 e. The molecular weight excluding hydrogens is 232 g/mol. The average Bonchev–Trinajstić information content (AvgIpc) is 2.57. The fourth-order valence-electron chi connectivity index (χ4n) is 2.10. The number of hydrogen-bond acceptors (Lipinski definition) is 2. The molecule has 1 aliphatic rings. The number of hydrogen-bond donors (Lipinski definition) is 1. The Morgan fingerprint density at radius 2 is 2.18 bits per heavy atom. The van der Waals surface area contributed by atoms with E-state index >= 15 is 0 Å². The van der Waals surface area contributed by atoms with Crippen LogP contribution in [-0.2, 0) is 0 Å². The topological polar surface area (TPSA) is 24.4 Å². The van der Waals surface area contributed by atoms with Crippen molar-refractivity contribution in [3.8, 4) is 0 Å². The minimum atomic E-state index is 0.269. The fourth-order valence-corrected chi connectivity index (χ4v) is 2.30. The molecule has 1 aromatic carbocycles. The van der Waals surface area contributed by atoms with Crippen molar-refractivity contribution in [2.24, 2.45) is 4.99 Å². The van der Waals surface area contributed by atoms with Gasteiger partial charge in [-0.15, -0.1) is 0 Å². The highest BCUT2D eigenvalue weighted by Crippen LogP contribution is 2.18. The highest BCUT2D eigenvalue weighted by molar-refractivity contribution is 6.30. The number of amidine groups is 1. The van der Waals surface area contributed by atoms with Gasteiger partial charge in [-0.25, -0.2) is 0 Å². The zero-order valence-corrected chi connectivity index (χ0v) is 11.0. The summed E-state index contributed by atoms with van der Waals surface area (Å²) in [6, 6.07) is 8.27. The number of nitrogens with zero attached hydrogens (tertiary/aromatic N) is 1. The van der Waals surface area contributed by atoms with Crippen LogP contribution < -0.4 is 5.32 Å². The van der Waals surface area contributed by atoms with Gasteiger partial charge in [-0.3, -0.25) is 4.99 Å². The molecule has 0 aromatic heterocycles. The first-order chi connectivity index (χ1) is 8.25. The van der Waals surface area contributed by atoms with Gasteiger partial charge in [-0.1, -0.05) is 30.2 Å². The third-order valence-electron chi connectivity index (χ3n) is 3.11. The van der Waals surface area contributed by atoms with Crippen molar-refractivity contribution in [3.05, 3.63) is 34.9 Å². The van der Waals surface area contributed by atoms with Gasteiger partial charge < -0.3 is 5.32 Å². The molecule has 1 atom stereocenters. The zero-order chi connectivity index (χ0) is 12.1. The lowest BCUT2D eigenvalue weighted by Gasteiger charge is -2.17. The summed E-state index contributed by atoms with van der Waals surface area (Å²) in [5.74, 6) is 1.15. The molecule has 0 aliphatic carbocycles. The van der Waals surface area contributed by atoms with Crippen molar-refractivity contribution >= 4 is 17.4 Å². The molecule has 0 spiro atoms. The summed E-state index contributed by atoms with van der Waals surface area (Å²) in [5.41, 5.74) is 1.21. The van der Waals surface area contributed by atoms with E-state index in [-0.39, 0.29) is 6.04 Å². The monoisotopic (exact) mass is 250 g/mol. The molecule has 92 valence electrons. The number of halogens is 1. The molecule has 0 unspecified atom stereocenters. The maximum Gasteiger partial charge on any atom is 0.0967 e. The molecule has 0 saturated heterocycles. The van der Waals surface area contributed by atoms with E-state index in [1.165, 1.54) is 24.8 Å². The normalized spacial score (nSPS) is 18.1. The summed E-state index contributed by atoms with van der Waals surface area (Å²) in [7, 11) is 0. The van der Waals surface area contributed by atoms with Crippen molar-refractivity contribution in [3.63, 3.8) is 0 Å². The van der Waals surface area contributed by atoms with E-state index in [1.807, 2.05) is 18.2 Å². The molecule has 2 nitrogen and oxygen atoms in total. The minimum absolute atomic E-state index is 0.269. The van der Waals surface area contributed by atoms with Gasteiger partial charge in [0.25, 0.3) is 0 Å². The molecule has 1 aliphatic heterocycles. The summed E-state index contributed by atoms with van der Waals surface area (Å²) >= 11 is 6.00. The quantitative estimate of drug-likeness (QED) is 0.844. The second kappa shape index (κ2) is 6.06. The first-order valence-corrected chi connectivity index (χ1v) is 6.69. The van der Waals surface area contributed by atoms with Crippen molar-refractivity contribution in [1.29, 1.82) is 0 Å². The van der Waals surface area contributed by atoms with Crippen LogP contribution >= 0.6 is 11.6 Å². The number of aliphatic imine (C=N–C) groups is 1. The van der Waals surface area contributed by atoms with Crippen LogP contribution in [0.15, 0.2) is 29.3 Å². The van der Waals surface area contributed by atoms with Gasteiger partial charge in [0.05, 0.1) is 5.84 Å². The van der Waals surface area contributed by atoms with Crippen LogP contribution in [0.3, 0.4) is 0 Å². The smallest absolute Gasteiger partial charge is 0.0967 e. The standard InChI is InChI=1S/C14H19ClN2/c1-11(12-6-5-7-13(15)10-12)17-14-8-3-2-4-9-16-14/h5-7,10-11H,2-4,8-9H2,1H3,(H,16,17)/t11-/m1/s1. The molecule has 1 N–H and O–H groups in total. The molecule has 17 heavy (non-hydrogen) atoms. The molecular formula is C14H19ClN2. The van der Waals surface area contributed by atoms with Crippen LogP contribution in [-0.4, -0.2) is 12.4 Å². The molecule has 1 heterocycles. The lowest BCUT2D eigenvalue weighted by atomic mass is 10.1. The molecule has 1 aromatic rings. The van der Waals surface area contributed by atoms with Gasteiger partial charge in [0.2, 0.25) is 0 Å². The summed E-state index contributed by atoms with van der Waals surface area (Å²) in [5, 5.41) is 4.28. The fraction of sp³-hybridized carbons (Fsp3) is 0.500. The second-order valence-electron chi connectivity index (χ2n) is 4.56. The Labute approximate surface area is 108 Å². The molecule has 0 fully saturated rings. The summed E-state index contributed by atoms with van der Waals surface area (Å²) in [6.45, 7) is 3.11. The van der Waals surface area contributed by atoms with E-state index < -0.39 is 0 Å². The van der Waals surface area contributed by atoms with Gasteiger partial charge in [-0.2, -0.15) is 0 Å². The third-order valence-corrected chi connectivity index (χ3v) is 3.34. The van der Waals surface area contributed by atoms with E-state index in [0.29, 0.717) is 0 Å². The SMILES string of the molecule is C[C@@H](NC1=NCCCCC1)c1cccc(Cl)c1. The predicted octanol–water partition coefficient (Wildman–Crippen LogP) is 3.96. The maximum absolute atomic E-state index is 6.00. The maximum atomic E-state index is 6.00. The van der Waals surface area contributed by atoms with Crippen LogP contribution in [0.5, 0.6) is 0 Å². The van der Waals surface area contributed by atoms with Gasteiger partial charge in [0.1, 0.15) is 0 Å². The predicted molar refractivity (Wildman–Crippen MR) is 73.8 cm³/mol. The summed E-state index contributed by atoms with van der Waals surface area (Å²) < 4.78 is 0. The minimum Gasteiger partial charge on any atom is -0.367 e. The zero-order valence-electron chi connectivity index (χ0n) is 10.2.